The van der Waals surface area contributed by atoms with Crippen LogP contribution in [0, 0.1) is 5.92 Å². The fourth-order valence-corrected chi connectivity index (χ4v) is 4.42. The Hall–Kier alpha value is -3.85. The van der Waals surface area contributed by atoms with Crippen molar-refractivity contribution < 1.29 is 37.7 Å². The third kappa shape index (κ3) is 8.58. The normalized spacial score (nSPS) is 13.8. The molecule has 0 heterocycles. The van der Waals surface area contributed by atoms with Crippen LogP contribution in [0.15, 0.2) is 72.8 Å². The predicted octanol–water partition coefficient (Wildman–Crippen LogP) is 6.88. The molecule has 3 N–H and O–H groups in total. The van der Waals surface area contributed by atoms with Crippen LogP contribution in [0.3, 0.4) is 0 Å². The van der Waals surface area contributed by atoms with Crippen LogP contribution in [0.1, 0.15) is 67.1 Å². The van der Waals surface area contributed by atoms with Gasteiger partial charge in [-0.1, -0.05) is 69.5 Å². The minimum atomic E-state index is -4.38. The number of amides is 1. The molecule has 0 saturated heterocycles. The maximum atomic E-state index is 12.9. The van der Waals surface area contributed by atoms with E-state index in [4.69, 9.17) is 9.84 Å². The van der Waals surface area contributed by atoms with Gasteiger partial charge < -0.3 is 20.3 Å². The van der Waals surface area contributed by atoms with Crippen molar-refractivity contribution in [2.75, 3.05) is 6.54 Å². The summed E-state index contributed by atoms with van der Waals surface area (Å²) in [6.45, 7) is 3.86. The zero-order valence-electron chi connectivity index (χ0n) is 22.4. The third-order valence-corrected chi connectivity index (χ3v) is 6.79. The molecule has 214 valence electrons. The molecule has 3 aromatic carbocycles. The fraction of sp³-hybridized carbons (Fsp3) is 0.355. The highest BCUT2D eigenvalue weighted by Crippen LogP contribution is 2.34. The van der Waals surface area contributed by atoms with Crippen LogP contribution in [0.2, 0.25) is 0 Å². The van der Waals surface area contributed by atoms with Crippen LogP contribution in [0.25, 0.3) is 11.1 Å². The van der Waals surface area contributed by atoms with Gasteiger partial charge in [-0.3, -0.25) is 4.79 Å². The van der Waals surface area contributed by atoms with Gasteiger partial charge in [0.1, 0.15) is 11.9 Å². The molecule has 2 unspecified atom stereocenters. The summed E-state index contributed by atoms with van der Waals surface area (Å²) in [5.74, 6) is -0.965. The van der Waals surface area contributed by atoms with Crippen molar-refractivity contribution in [1.29, 1.82) is 0 Å². The number of ether oxygens (including phenoxy) is 1. The lowest BCUT2D eigenvalue weighted by atomic mass is 9.90. The predicted molar refractivity (Wildman–Crippen MR) is 146 cm³/mol. The van der Waals surface area contributed by atoms with Gasteiger partial charge >= 0.3 is 12.1 Å². The summed E-state index contributed by atoms with van der Waals surface area (Å²) in [4.78, 5) is 23.0. The van der Waals surface area contributed by atoms with Gasteiger partial charge in [0, 0.05) is 5.56 Å². The molecule has 0 spiro atoms. The number of nitrogens with one attached hydrogen (secondary N) is 1. The Morgan fingerprint density at radius 3 is 1.98 bits per heavy atom. The molecule has 40 heavy (non-hydrogen) atoms. The van der Waals surface area contributed by atoms with Gasteiger partial charge in [-0.25, -0.2) is 4.79 Å². The van der Waals surface area contributed by atoms with Gasteiger partial charge in [-0.05, 0) is 65.4 Å². The number of halogens is 3. The van der Waals surface area contributed by atoms with Crippen molar-refractivity contribution in [3.05, 3.63) is 89.5 Å². The van der Waals surface area contributed by atoms with E-state index in [1.54, 1.807) is 24.3 Å². The summed E-state index contributed by atoms with van der Waals surface area (Å²) < 4.78 is 45.1. The molecule has 0 aromatic heterocycles. The number of carbonyl (C=O) groups is 2. The van der Waals surface area contributed by atoms with E-state index < -0.39 is 36.3 Å². The van der Waals surface area contributed by atoms with Crippen LogP contribution in [-0.2, 0) is 11.0 Å². The average Bonchev–Trinajstić information content (AvgIpc) is 2.95. The molecular formula is C31H34F3NO5. The van der Waals surface area contributed by atoms with Crippen LogP contribution in [0.5, 0.6) is 5.75 Å². The number of aliphatic hydroxyl groups is 1. The number of hydrogen-bond donors (Lipinski definition) is 3. The van der Waals surface area contributed by atoms with Crippen molar-refractivity contribution in [2.24, 2.45) is 5.92 Å². The first-order valence-electron chi connectivity index (χ1n) is 13.2. The summed E-state index contributed by atoms with van der Waals surface area (Å²) in [6.07, 6.45) is -2.53. The van der Waals surface area contributed by atoms with Gasteiger partial charge in [0.25, 0.3) is 5.91 Å². The average molecular weight is 558 g/mol. The van der Waals surface area contributed by atoms with Gasteiger partial charge in [-0.2, -0.15) is 13.2 Å². The minimum absolute atomic E-state index is 0.288. The highest BCUT2D eigenvalue weighted by Gasteiger charge is 2.30. The van der Waals surface area contributed by atoms with E-state index in [9.17, 15) is 27.9 Å². The Kier molecular flexibility index (Phi) is 10.7. The molecule has 1 amide bonds. The van der Waals surface area contributed by atoms with Gasteiger partial charge in [0.05, 0.1) is 12.1 Å². The number of carboxylic acid groups (broad SMARTS) is 1. The van der Waals surface area contributed by atoms with Crippen molar-refractivity contribution >= 4 is 11.9 Å². The molecule has 3 atom stereocenters. The van der Waals surface area contributed by atoms with Crippen LogP contribution < -0.4 is 10.1 Å². The Bertz CT molecular complexity index is 1240. The van der Waals surface area contributed by atoms with E-state index in [0.717, 1.165) is 48.9 Å². The summed E-state index contributed by atoms with van der Waals surface area (Å²) in [6, 6.07) is 19.1. The Balaban J connectivity index is 1.77. The smallest absolute Gasteiger partial charge is 0.416 e. The summed E-state index contributed by atoms with van der Waals surface area (Å²) in [5, 5.41) is 20.5. The minimum Gasteiger partial charge on any atom is -0.486 e. The van der Waals surface area contributed by atoms with Gasteiger partial charge in [0.2, 0.25) is 0 Å². The molecular weight excluding hydrogens is 523 g/mol. The van der Waals surface area contributed by atoms with E-state index >= 15 is 0 Å². The number of hydrogen-bond acceptors (Lipinski definition) is 4. The van der Waals surface area contributed by atoms with Crippen molar-refractivity contribution in [3.63, 3.8) is 0 Å². The summed E-state index contributed by atoms with van der Waals surface area (Å²) in [5.41, 5.74) is 2.00. The SMILES string of the molecule is CCCC(CC)CC(Oc1ccc(C(=O)NC[C@H](O)C(=O)O)cc1)c1ccc(-c2ccc(C(F)(F)F)cc2)cc1. The molecule has 0 aliphatic rings. The molecule has 0 fully saturated rings. The second-order valence-electron chi connectivity index (χ2n) is 9.69. The number of alkyl halides is 3. The maximum absolute atomic E-state index is 12.9. The zero-order valence-corrected chi connectivity index (χ0v) is 22.4. The first-order valence-corrected chi connectivity index (χ1v) is 13.2. The lowest BCUT2D eigenvalue weighted by Crippen LogP contribution is -2.36. The molecule has 0 aliphatic carbocycles. The molecule has 3 aromatic rings. The standard InChI is InChI=1S/C31H34F3NO5/c1-3-5-20(4-2)18-28(40-26-16-12-24(13-17-26)29(37)35-19-27(36)30(38)39)23-8-6-21(7-9-23)22-10-14-25(15-11-22)31(32,33)34/h6-17,20,27-28,36H,3-5,18-19H2,1-2H3,(H,35,37)(H,38,39)/t20?,27-,28?/m0/s1. The maximum Gasteiger partial charge on any atom is 0.416 e. The van der Waals surface area contributed by atoms with Gasteiger partial charge in [0.15, 0.2) is 6.10 Å². The molecule has 0 aliphatic heterocycles. The first kappa shape index (κ1) is 30.7. The van der Waals surface area contributed by atoms with Crippen molar-refractivity contribution in [3.8, 4) is 16.9 Å². The lowest BCUT2D eigenvalue weighted by molar-refractivity contribution is -0.146. The Morgan fingerprint density at radius 1 is 0.900 bits per heavy atom. The number of rotatable bonds is 13. The summed E-state index contributed by atoms with van der Waals surface area (Å²) >= 11 is 0. The number of aliphatic carboxylic acids is 1. The number of carbonyl (C=O) groups excluding carboxylic acids is 1. The van der Waals surface area contributed by atoms with Crippen LogP contribution in [-0.4, -0.2) is 34.7 Å². The van der Waals surface area contributed by atoms with Crippen LogP contribution >= 0.6 is 0 Å². The molecule has 0 saturated carbocycles. The van der Waals surface area contributed by atoms with E-state index in [0.29, 0.717) is 22.8 Å². The molecule has 3 rings (SSSR count). The molecule has 6 nitrogen and oxygen atoms in total. The van der Waals surface area contributed by atoms with E-state index in [2.05, 4.69) is 19.2 Å². The Labute approximate surface area is 231 Å². The second-order valence-corrected chi connectivity index (χ2v) is 9.69. The van der Waals surface area contributed by atoms with E-state index in [1.165, 1.54) is 12.1 Å². The highest BCUT2D eigenvalue weighted by molar-refractivity contribution is 5.94. The largest absolute Gasteiger partial charge is 0.486 e. The summed E-state index contributed by atoms with van der Waals surface area (Å²) in [7, 11) is 0. The fourth-order valence-electron chi connectivity index (χ4n) is 4.42. The number of aliphatic hydroxyl groups excluding tert-OH is 1. The molecule has 0 bridgehead atoms. The number of benzene rings is 3. The molecule has 0 radical (unpaired) electrons. The third-order valence-electron chi connectivity index (χ3n) is 6.79. The number of carboxylic acids is 1. The molecule has 9 heteroatoms. The van der Waals surface area contributed by atoms with Gasteiger partial charge in [-0.15, -0.1) is 0 Å². The van der Waals surface area contributed by atoms with E-state index in [1.807, 2.05) is 24.3 Å². The van der Waals surface area contributed by atoms with E-state index in [-0.39, 0.29) is 6.10 Å². The first-order chi connectivity index (χ1) is 19.0. The zero-order chi connectivity index (χ0) is 29.3. The second kappa shape index (κ2) is 14.0. The van der Waals surface area contributed by atoms with Crippen molar-refractivity contribution in [2.45, 2.75) is 57.9 Å². The highest BCUT2D eigenvalue weighted by atomic mass is 19.4. The lowest BCUT2D eigenvalue weighted by Gasteiger charge is -2.25. The van der Waals surface area contributed by atoms with Crippen LogP contribution in [0.4, 0.5) is 13.2 Å². The van der Waals surface area contributed by atoms with Crippen molar-refractivity contribution in [1.82, 2.24) is 5.32 Å². The quantitative estimate of drug-likeness (QED) is 0.213. The Morgan fingerprint density at radius 2 is 1.48 bits per heavy atom. The topological polar surface area (TPSA) is 95.9 Å². The monoisotopic (exact) mass is 557 g/mol.